The lowest BCUT2D eigenvalue weighted by Crippen LogP contribution is -2.33. The van der Waals surface area contributed by atoms with Gasteiger partial charge in [-0.05, 0) is 0 Å². The minimum Gasteiger partial charge on any atom is -0.479 e. The lowest BCUT2D eigenvalue weighted by Gasteiger charge is -2.07. The molecule has 88 valence electrons. The highest BCUT2D eigenvalue weighted by atomic mass is 32.1. The number of carboxylic acid groups (broad SMARTS) is 1. The Balaban J connectivity index is 2.18. The van der Waals surface area contributed by atoms with Gasteiger partial charge in [-0.3, -0.25) is 5.32 Å². The van der Waals surface area contributed by atoms with Crippen molar-refractivity contribution in [2.24, 2.45) is 0 Å². The Morgan fingerprint density at radius 1 is 1.56 bits per heavy atom. The van der Waals surface area contributed by atoms with Crippen molar-refractivity contribution in [3.63, 3.8) is 0 Å². The number of carbonyl (C=O) groups is 2. The number of aromatic nitrogens is 1. The lowest BCUT2D eigenvalue weighted by atomic mass is 10.2. The number of nitrogens with one attached hydrogen (secondary N) is 2. The molecule has 16 heavy (non-hydrogen) atoms. The van der Waals surface area contributed by atoms with Gasteiger partial charge in [0, 0.05) is 24.5 Å². The minimum absolute atomic E-state index is 0.0410. The fourth-order valence-corrected chi connectivity index (χ4v) is 1.40. The molecule has 2 amide bonds. The van der Waals surface area contributed by atoms with E-state index in [-0.39, 0.29) is 13.0 Å². The number of nitrogens with zero attached hydrogens (tertiary/aromatic N) is 1. The van der Waals surface area contributed by atoms with E-state index in [1.54, 1.807) is 11.6 Å². The quantitative estimate of drug-likeness (QED) is 0.588. The Hall–Kier alpha value is -1.67. The average Bonchev–Trinajstić information content (AvgIpc) is 2.70. The van der Waals surface area contributed by atoms with Crippen LogP contribution in [0.2, 0.25) is 0 Å². The molecule has 0 spiro atoms. The second-order valence-electron chi connectivity index (χ2n) is 2.86. The molecule has 0 radical (unpaired) electrons. The van der Waals surface area contributed by atoms with Crippen molar-refractivity contribution >= 4 is 28.5 Å². The minimum atomic E-state index is -1.46. The lowest BCUT2D eigenvalue weighted by molar-refractivity contribution is -0.146. The summed E-state index contributed by atoms with van der Waals surface area (Å²) in [5.41, 5.74) is 0. The van der Waals surface area contributed by atoms with Crippen LogP contribution in [0.15, 0.2) is 11.6 Å². The van der Waals surface area contributed by atoms with Crippen LogP contribution < -0.4 is 10.6 Å². The summed E-state index contributed by atoms with van der Waals surface area (Å²) in [4.78, 5) is 25.3. The second-order valence-corrected chi connectivity index (χ2v) is 3.76. The number of hydrogen-bond acceptors (Lipinski definition) is 5. The number of urea groups is 1. The SMILES string of the molecule is O=C(NCC[C@H](O)C(=O)O)Nc1nccs1. The van der Waals surface area contributed by atoms with E-state index in [1.165, 1.54) is 11.3 Å². The predicted octanol–water partition coefficient (Wildman–Crippen LogP) is 0.100. The van der Waals surface area contributed by atoms with Crippen LogP contribution in [-0.4, -0.2) is 39.8 Å². The standard InChI is InChI=1S/C8H11N3O4S/c12-5(6(13)14)1-2-9-7(15)11-8-10-3-4-16-8/h3-5,12H,1-2H2,(H,13,14)(H2,9,10,11,15)/t5-/m0/s1. The molecule has 0 fully saturated rings. The molecule has 7 nitrogen and oxygen atoms in total. The summed E-state index contributed by atoms with van der Waals surface area (Å²) in [6.45, 7) is 0.0741. The van der Waals surface area contributed by atoms with Gasteiger partial charge in [0.2, 0.25) is 0 Å². The molecule has 0 unspecified atom stereocenters. The van der Waals surface area contributed by atoms with Gasteiger partial charge < -0.3 is 15.5 Å². The molecule has 4 N–H and O–H groups in total. The van der Waals surface area contributed by atoms with Crippen LogP contribution in [0, 0.1) is 0 Å². The molecule has 1 rings (SSSR count). The van der Waals surface area contributed by atoms with Gasteiger partial charge in [-0.1, -0.05) is 0 Å². The van der Waals surface area contributed by atoms with Gasteiger partial charge in [-0.15, -0.1) is 11.3 Å². The zero-order chi connectivity index (χ0) is 12.0. The summed E-state index contributed by atoms with van der Waals surface area (Å²) < 4.78 is 0. The maximum Gasteiger partial charge on any atom is 0.332 e. The highest BCUT2D eigenvalue weighted by molar-refractivity contribution is 7.13. The number of hydrogen-bond donors (Lipinski definition) is 4. The van der Waals surface area contributed by atoms with Crippen molar-refractivity contribution in [1.82, 2.24) is 10.3 Å². The molecule has 1 aromatic heterocycles. The topological polar surface area (TPSA) is 112 Å². The molecular weight excluding hydrogens is 234 g/mol. The summed E-state index contributed by atoms with van der Waals surface area (Å²) in [6, 6.07) is -0.479. The van der Waals surface area contributed by atoms with E-state index >= 15 is 0 Å². The molecule has 1 heterocycles. The molecular formula is C8H11N3O4S. The highest BCUT2D eigenvalue weighted by Gasteiger charge is 2.12. The first-order chi connectivity index (χ1) is 7.59. The van der Waals surface area contributed by atoms with Gasteiger partial charge in [0.1, 0.15) is 0 Å². The molecule has 1 atom stereocenters. The fraction of sp³-hybridized carbons (Fsp3) is 0.375. The molecule has 0 saturated heterocycles. The number of carbonyl (C=O) groups excluding carboxylic acids is 1. The first-order valence-corrected chi connectivity index (χ1v) is 5.33. The van der Waals surface area contributed by atoms with Gasteiger partial charge in [0.15, 0.2) is 11.2 Å². The van der Waals surface area contributed by atoms with Crippen molar-refractivity contribution in [1.29, 1.82) is 0 Å². The van der Waals surface area contributed by atoms with E-state index in [4.69, 9.17) is 10.2 Å². The molecule has 0 saturated carbocycles. The van der Waals surface area contributed by atoms with Gasteiger partial charge in [0.25, 0.3) is 0 Å². The van der Waals surface area contributed by atoms with E-state index in [9.17, 15) is 9.59 Å². The number of amides is 2. The Kier molecular flexibility index (Phi) is 4.67. The highest BCUT2D eigenvalue weighted by Crippen LogP contribution is 2.09. The summed E-state index contributed by atoms with van der Waals surface area (Å²) >= 11 is 1.27. The van der Waals surface area contributed by atoms with Crippen molar-refractivity contribution in [2.75, 3.05) is 11.9 Å². The van der Waals surface area contributed by atoms with Gasteiger partial charge in [-0.2, -0.15) is 0 Å². The number of anilines is 1. The normalized spacial score (nSPS) is 11.8. The van der Waals surface area contributed by atoms with E-state index in [0.717, 1.165) is 0 Å². The zero-order valence-electron chi connectivity index (χ0n) is 8.21. The second kappa shape index (κ2) is 6.03. The maximum absolute atomic E-state index is 11.2. The van der Waals surface area contributed by atoms with Crippen LogP contribution in [0.4, 0.5) is 9.93 Å². The molecule has 0 aliphatic heterocycles. The first kappa shape index (κ1) is 12.4. The summed E-state index contributed by atoms with van der Waals surface area (Å²) in [5, 5.41) is 24.3. The Morgan fingerprint density at radius 2 is 2.31 bits per heavy atom. The van der Waals surface area contributed by atoms with E-state index in [1.807, 2.05) is 0 Å². The third kappa shape index (κ3) is 4.24. The Morgan fingerprint density at radius 3 is 2.88 bits per heavy atom. The number of aliphatic carboxylic acids is 1. The molecule has 0 aliphatic rings. The van der Waals surface area contributed by atoms with Crippen LogP contribution in [0.5, 0.6) is 0 Å². The van der Waals surface area contributed by atoms with E-state index < -0.39 is 18.1 Å². The predicted molar refractivity (Wildman–Crippen MR) is 57.4 cm³/mol. The molecule has 0 aliphatic carbocycles. The molecule has 8 heteroatoms. The third-order valence-electron chi connectivity index (χ3n) is 1.64. The smallest absolute Gasteiger partial charge is 0.332 e. The van der Waals surface area contributed by atoms with Crippen molar-refractivity contribution in [3.8, 4) is 0 Å². The monoisotopic (exact) mass is 245 g/mol. The van der Waals surface area contributed by atoms with Crippen LogP contribution >= 0.6 is 11.3 Å². The third-order valence-corrected chi connectivity index (χ3v) is 2.33. The Labute approximate surface area is 95.1 Å². The van der Waals surface area contributed by atoms with Crippen molar-refractivity contribution in [3.05, 3.63) is 11.6 Å². The summed E-state index contributed by atoms with van der Waals surface area (Å²) in [7, 11) is 0. The van der Waals surface area contributed by atoms with Crippen LogP contribution in [0.1, 0.15) is 6.42 Å². The van der Waals surface area contributed by atoms with Crippen LogP contribution in [0.25, 0.3) is 0 Å². The number of rotatable bonds is 5. The van der Waals surface area contributed by atoms with E-state index in [2.05, 4.69) is 15.6 Å². The number of thiazole rings is 1. The maximum atomic E-state index is 11.2. The largest absolute Gasteiger partial charge is 0.479 e. The van der Waals surface area contributed by atoms with Crippen LogP contribution in [0.3, 0.4) is 0 Å². The van der Waals surface area contributed by atoms with E-state index in [0.29, 0.717) is 5.13 Å². The molecule has 0 bridgehead atoms. The average molecular weight is 245 g/mol. The van der Waals surface area contributed by atoms with Gasteiger partial charge in [0.05, 0.1) is 0 Å². The fourth-order valence-electron chi connectivity index (χ4n) is 0.872. The molecule has 1 aromatic rings. The van der Waals surface area contributed by atoms with Crippen molar-refractivity contribution in [2.45, 2.75) is 12.5 Å². The van der Waals surface area contributed by atoms with Gasteiger partial charge in [-0.25, -0.2) is 14.6 Å². The zero-order valence-corrected chi connectivity index (χ0v) is 9.03. The first-order valence-electron chi connectivity index (χ1n) is 4.45. The summed E-state index contributed by atoms with van der Waals surface area (Å²) in [6.07, 6.45) is 0.0508. The number of aliphatic hydroxyl groups excluding tert-OH is 1. The van der Waals surface area contributed by atoms with Crippen LogP contribution in [-0.2, 0) is 4.79 Å². The number of aliphatic hydroxyl groups is 1. The Bertz CT molecular complexity index is 354. The van der Waals surface area contributed by atoms with Crippen molar-refractivity contribution < 1.29 is 19.8 Å². The van der Waals surface area contributed by atoms with Gasteiger partial charge >= 0.3 is 12.0 Å². The summed E-state index contributed by atoms with van der Waals surface area (Å²) in [5.74, 6) is -1.30. The molecule has 0 aromatic carbocycles. The number of carboxylic acids is 1.